The molecule has 0 spiro atoms. The summed E-state index contributed by atoms with van der Waals surface area (Å²) in [6.45, 7) is 7.40. The van der Waals surface area contributed by atoms with E-state index >= 15 is 0 Å². The number of carbonyl (C=O) groups excluding carboxylic acids is 1. The van der Waals surface area contributed by atoms with E-state index < -0.39 is 5.41 Å². The van der Waals surface area contributed by atoms with Crippen LogP contribution in [0, 0.1) is 5.41 Å². The Morgan fingerprint density at radius 3 is 2.43 bits per heavy atom. The molecular formula is C10H21NO3. The largest absolute Gasteiger partial charge is 0.466 e. The quantitative estimate of drug-likeness (QED) is 0.494. The Balaban J connectivity index is 4.09. The predicted molar refractivity (Wildman–Crippen MR) is 54.9 cm³/mol. The summed E-state index contributed by atoms with van der Waals surface area (Å²) in [4.78, 5) is 11.5. The average Bonchev–Trinajstić information content (AvgIpc) is 2.18. The van der Waals surface area contributed by atoms with Crippen molar-refractivity contribution in [2.24, 2.45) is 11.1 Å². The highest BCUT2D eigenvalue weighted by Crippen LogP contribution is 2.21. The van der Waals surface area contributed by atoms with Crippen LogP contribution in [0.15, 0.2) is 0 Å². The second-order valence-corrected chi connectivity index (χ2v) is 3.43. The predicted octanol–water partition coefficient (Wildman–Crippen LogP) is 0.941. The van der Waals surface area contributed by atoms with E-state index in [2.05, 4.69) is 0 Å². The van der Waals surface area contributed by atoms with Gasteiger partial charge in [-0.25, -0.2) is 0 Å². The number of ether oxygens (including phenoxy) is 2. The van der Waals surface area contributed by atoms with Gasteiger partial charge in [0.05, 0.1) is 12.0 Å². The summed E-state index contributed by atoms with van der Waals surface area (Å²) in [6.07, 6.45) is 0.607. The molecule has 1 atom stereocenters. The van der Waals surface area contributed by atoms with E-state index in [9.17, 15) is 4.79 Å². The van der Waals surface area contributed by atoms with E-state index in [1.54, 1.807) is 6.92 Å². The zero-order valence-corrected chi connectivity index (χ0v) is 9.34. The van der Waals surface area contributed by atoms with Crippen molar-refractivity contribution in [1.29, 1.82) is 0 Å². The first-order valence-electron chi connectivity index (χ1n) is 5.05. The summed E-state index contributed by atoms with van der Waals surface area (Å²) >= 11 is 0. The summed E-state index contributed by atoms with van der Waals surface area (Å²) in [6, 6.07) is 0. The SMILES string of the molecule is CCOCCC(C)(CN)C(=O)OCC. The van der Waals surface area contributed by atoms with Gasteiger partial charge < -0.3 is 15.2 Å². The number of carbonyl (C=O) groups is 1. The lowest BCUT2D eigenvalue weighted by atomic mass is 9.87. The summed E-state index contributed by atoms with van der Waals surface area (Å²) in [5.74, 6) is -0.234. The van der Waals surface area contributed by atoms with Crippen LogP contribution in [-0.2, 0) is 14.3 Å². The summed E-state index contributed by atoms with van der Waals surface area (Å²) in [5, 5.41) is 0. The monoisotopic (exact) mass is 203 g/mol. The van der Waals surface area contributed by atoms with Gasteiger partial charge in [-0.2, -0.15) is 0 Å². The van der Waals surface area contributed by atoms with Crippen LogP contribution in [0.25, 0.3) is 0 Å². The Kier molecular flexibility index (Phi) is 6.49. The van der Waals surface area contributed by atoms with Gasteiger partial charge in [0.1, 0.15) is 0 Å². The third kappa shape index (κ3) is 4.07. The topological polar surface area (TPSA) is 61.5 Å². The molecule has 84 valence electrons. The van der Waals surface area contributed by atoms with Crippen molar-refractivity contribution in [2.45, 2.75) is 27.2 Å². The fraction of sp³-hybridized carbons (Fsp3) is 0.900. The van der Waals surface area contributed by atoms with Crippen LogP contribution in [0.4, 0.5) is 0 Å². The lowest BCUT2D eigenvalue weighted by Crippen LogP contribution is -2.38. The van der Waals surface area contributed by atoms with Crippen LogP contribution >= 0.6 is 0 Å². The van der Waals surface area contributed by atoms with Gasteiger partial charge in [-0.3, -0.25) is 4.79 Å². The minimum atomic E-state index is -0.606. The molecule has 14 heavy (non-hydrogen) atoms. The summed E-state index contributed by atoms with van der Waals surface area (Å²) in [7, 11) is 0. The van der Waals surface area contributed by atoms with Crippen LogP contribution in [0.2, 0.25) is 0 Å². The van der Waals surface area contributed by atoms with Crippen LogP contribution in [-0.4, -0.2) is 32.3 Å². The van der Waals surface area contributed by atoms with Crippen molar-refractivity contribution < 1.29 is 14.3 Å². The van der Waals surface area contributed by atoms with Crippen molar-refractivity contribution in [2.75, 3.05) is 26.4 Å². The van der Waals surface area contributed by atoms with Gasteiger partial charge in [0.25, 0.3) is 0 Å². The Labute approximate surface area is 85.8 Å². The molecule has 0 aromatic carbocycles. The van der Waals surface area contributed by atoms with Gasteiger partial charge in [-0.05, 0) is 27.2 Å². The molecule has 1 unspecified atom stereocenters. The molecule has 0 aromatic rings. The molecule has 0 saturated carbocycles. The summed E-state index contributed by atoms with van der Waals surface area (Å²) in [5.41, 5.74) is 4.96. The molecule has 0 amide bonds. The number of rotatable bonds is 7. The van der Waals surface area contributed by atoms with Crippen LogP contribution in [0.5, 0.6) is 0 Å². The average molecular weight is 203 g/mol. The van der Waals surface area contributed by atoms with Gasteiger partial charge in [0, 0.05) is 19.8 Å². The second-order valence-electron chi connectivity index (χ2n) is 3.43. The van der Waals surface area contributed by atoms with Gasteiger partial charge in [0.2, 0.25) is 0 Å². The van der Waals surface area contributed by atoms with Crippen LogP contribution in [0.1, 0.15) is 27.2 Å². The first-order valence-corrected chi connectivity index (χ1v) is 5.05. The maximum atomic E-state index is 11.5. The number of hydrogen-bond donors (Lipinski definition) is 1. The number of hydrogen-bond acceptors (Lipinski definition) is 4. The van der Waals surface area contributed by atoms with Gasteiger partial charge in [0.15, 0.2) is 0 Å². The highest BCUT2D eigenvalue weighted by Gasteiger charge is 2.32. The Bertz CT molecular complexity index is 173. The molecule has 0 aromatic heterocycles. The first-order chi connectivity index (χ1) is 6.60. The van der Waals surface area contributed by atoms with Crippen molar-refractivity contribution >= 4 is 5.97 Å². The van der Waals surface area contributed by atoms with Crippen molar-refractivity contribution in [3.05, 3.63) is 0 Å². The third-order valence-electron chi connectivity index (χ3n) is 2.22. The molecular weight excluding hydrogens is 182 g/mol. The zero-order valence-electron chi connectivity index (χ0n) is 9.34. The van der Waals surface area contributed by atoms with Crippen molar-refractivity contribution in [1.82, 2.24) is 0 Å². The molecule has 4 nitrogen and oxygen atoms in total. The van der Waals surface area contributed by atoms with E-state index in [0.29, 0.717) is 32.8 Å². The fourth-order valence-electron chi connectivity index (χ4n) is 1.03. The van der Waals surface area contributed by atoms with Crippen molar-refractivity contribution in [3.63, 3.8) is 0 Å². The van der Waals surface area contributed by atoms with E-state index in [4.69, 9.17) is 15.2 Å². The van der Waals surface area contributed by atoms with Gasteiger partial charge in [-0.15, -0.1) is 0 Å². The molecule has 0 aliphatic heterocycles. The fourth-order valence-corrected chi connectivity index (χ4v) is 1.03. The highest BCUT2D eigenvalue weighted by molar-refractivity contribution is 5.76. The maximum Gasteiger partial charge on any atom is 0.313 e. The highest BCUT2D eigenvalue weighted by atomic mass is 16.5. The van der Waals surface area contributed by atoms with Gasteiger partial charge in [-0.1, -0.05) is 0 Å². The molecule has 2 N–H and O–H groups in total. The van der Waals surface area contributed by atoms with Crippen molar-refractivity contribution in [3.8, 4) is 0 Å². The standard InChI is InChI=1S/C10H21NO3/c1-4-13-7-6-10(3,8-11)9(12)14-5-2/h4-8,11H2,1-3H3. The van der Waals surface area contributed by atoms with E-state index in [1.807, 2.05) is 13.8 Å². The molecule has 0 aliphatic carbocycles. The van der Waals surface area contributed by atoms with Gasteiger partial charge >= 0.3 is 5.97 Å². The molecule has 0 heterocycles. The summed E-state index contributed by atoms with van der Waals surface area (Å²) < 4.78 is 10.2. The molecule has 4 heteroatoms. The minimum absolute atomic E-state index is 0.234. The normalized spacial score (nSPS) is 14.9. The maximum absolute atomic E-state index is 11.5. The molecule has 0 rings (SSSR count). The Hall–Kier alpha value is -0.610. The number of esters is 1. The first kappa shape index (κ1) is 13.4. The van der Waals surface area contributed by atoms with Crippen LogP contribution < -0.4 is 5.73 Å². The lowest BCUT2D eigenvalue weighted by molar-refractivity contribution is -0.155. The van der Waals surface area contributed by atoms with E-state index in [0.717, 1.165) is 0 Å². The molecule has 0 saturated heterocycles. The molecule has 0 fully saturated rings. The lowest BCUT2D eigenvalue weighted by Gasteiger charge is -2.25. The van der Waals surface area contributed by atoms with E-state index in [1.165, 1.54) is 0 Å². The second kappa shape index (κ2) is 6.79. The smallest absolute Gasteiger partial charge is 0.313 e. The minimum Gasteiger partial charge on any atom is -0.466 e. The number of nitrogens with two attached hydrogens (primary N) is 1. The Morgan fingerprint density at radius 2 is 2.00 bits per heavy atom. The van der Waals surface area contributed by atoms with Crippen LogP contribution in [0.3, 0.4) is 0 Å². The van der Waals surface area contributed by atoms with E-state index in [-0.39, 0.29) is 5.97 Å². The zero-order chi connectivity index (χ0) is 11.0. The Morgan fingerprint density at radius 1 is 1.36 bits per heavy atom. The molecule has 0 bridgehead atoms. The molecule has 0 radical (unpaired) electrons. The molecule has 0 aliphatic rings. The third-order valence-corrected chi connectivity index (χ3v) is 2.22.